The molecular formula is C56H36N2O. The Bertz CT molecular complexity index is 3790. The number of nitrogens with zero attached hydrogens (tertiary/aromatic N) is 2. The minimum atomic E-state index is -0.254. The van der Waals surface area contributed by atoms with Gasteiger partial charge in [-0.3, -0.25) is 0 Å². The van der Waals surface area contributed by atoms with Crippen molar-refractivity contribution < 1.29 is 9.90 Å². The van der Waals surface area contributed by atoms with E-state index in [9.17, 15) is 5.48 Å². The first-order valence-electron chi connectivity index (χ1n) is 21.9. The third-order valence-electron chi connectivity index (χ3n) is 11.6. The van der Waals surface area contributed by atoms with Crippen molar-refractivity contribution >= 4 is 82.4 Å². The van der Waals surface area contributed by atoms with E-state index in [1.54, 1.807) is 0 Å². The molecule has 276 valence electrons. The van der Waals surface area contributed by atoms with Crippen LogP contribution in [0.4, 0.5) is 17.1 Å². The average Bonchev–Trinajstić information content (AvgIpc) is 3.89. The quantitative estimate of drug-likeness (QED) is 0.168. The molecule has 0 N–H and O–H groups in total. The lowest BCUT2D eigenvalue weighted by Crippen LogP contribution is -2.10. The second kappa shape index (κ2) is 13.4. The minimum Gasteiger partial charge on any atom is -0.455 e. The first kappa shape index (κ1) is 29.4. The Balaban J connectivity index is 1.11. The SMILES string of the molecule is [2H]c1c([2H])c(-c2ccc3c(c2)c2ccccc2n3-c2ccccc2)c([2H])c(N(c2ccc(-c3cccc4ccccc34)cc2)c2cccc3oc4c5ccccc5ccc4c23)c1[2H]. The van der Waals surface area contributed by atoms with Gasteiger partial charge in [-0.05, 0) is 111 Å². The fraction of sp³-hybridized carbons (Fsp3) is 0. The molecule has 0 unspecified atom stereocenters. The Morgan fingerprint density at radius 3 is 2.02 bits per heavy atom. The average molecular weight is 757 g/mol. The molecule has 0 radical (unpaired) electrons. The van der Waals surface area contributed by atoms with Gasteiger partial charge in [-0.2, -0.15) is 0 Å². The summed E-state index contributed by atoms with van der Waals surface area (Å²) in [7, 11) is 0. The van der Waals surface area contributed by atoms with Crippen molar-refractivity contribution in [2.45, 2.75) is 0 Å². The predicted octanol–water partition coefficient (Wildman–Crippen LogP) is 15.8. The Labute approximate surface area is 346 Å². The first-order chi connectivity index (χ1) is 30.9. The zero-order valence-corrected chi connectivity index (χ0v) is 31.8. The van der Waals surface area contributed by atoms with Crippen molar-refractivity contribution in [2.24, 2.45) is 0 Å². The van der Waals surface area contributed by atoms with E-state index >= 15 is 0 Å². The monoisotopic (exact) mass is 756 g/mol. The van der Waals surface area contributed by atoms with Crippen LogP contribution in [-0.2, 0) is 0 Å². The van der Waals surface area contributed by atoms with E-state index in [1.807, 2.05) is 102 Å². The summed E-state index contributed by atoms with van der Waals surface area (Å²) in [4.78, 5) is 1.92. The van der Waals surface area contributed by atoms with Crippen LogP contribution in [0.25, 0.3) is 93.2 Å². The van der Waals surface area contributed by atoms with Gasteiger partial charge in [0.05, 0.1) is 27.6 Å². The van der Waals surface area contributed by atoms with Crippen molar-refractivity contribution in [2.75, 3.05) is 4.90 Å². The highest BCUT2D eigenvalue weighted by Gasteiger charge is 2.21. The van der Waals surface area contributed by atoms with Gasteiger partial charge in [0.2, 0.25) is 0 Å². The number of rotatable bonds is 6. The molecule has 0 saturated heterocycles. The number of hydrogen-bond donors (Lipinski definition) is 0. The van der Waals surface area contributed by atoms with Gasteiger partial charge in [0, 0.05) is 38.6 Å². The molecule has 0 atom stereocenters. The number of anilines is 3. The summed E-state index contributed by atoms with van der Waals surface area (Å²) in [5.74, 6) is 0. The number of para-hydroxylation sites is 2. The lowest BCUT2D eigenvalue weighted by atomic mass is 9.97. The molecule has 0 saturated carbocycles. The summed E-state index contributed by atoms with van der Waals surface area (Å²) in [5.41, 5.74) is 9.14. The summed E-state index contributed by atoms with van der Waals surface area (Å²) in [6, 6.07) is 65.0. The van der Waals surface area contributed by atoms with Crippen LogP contribution in [0, 0.1) is 0 Å². The second-order valence-corrected chi connectivity index (χ2v) is 15.0. The predicted molar refractivity (Wildman–Crippen MR) is 249 cm³/mol. The Hall–Kier alpha value is -7.88. The standard InChI is InChI=1S/C56H36N2O/c1-2-17-42(18-3-1)58-51-24-9-8-22-48(51)50-36-41(30-34-52(50)58)40-16-10-19-44(35-40)57(43-31-27-39(28-32-43)46-23-11-15-37-13-4-6-20-45(37)46)53-25-12-26-54-55(53)49-33-29-38-14-5-7-21-47(38)56(49)59-54/h1-36H/i10D,16D,19D,35D. The van der Waals surface area contributed by atoms with Crippen LogP contribution < -0.4 is 4.90 Å². The van der Waals surface area contributed by atoms with Crippen molar-refractivity contribution in [1.29, 1.82) is 0 Å². The second-order valence-electron chi connectivity index (χ2n) is 15.0. The molecule has 0 amide bonds. The third kappa shape index (κ3) is 5.36. The van der Waals surface area contributed by atoms with Crippen molar-refractivity contribution in [3.8, 4) is 27.9 Å². The largest absolute Gasteiger partial charge is 0.455 e. The van der Waals surface area contributed by atoms with Gasteiger partial charge < -0.3 is 13.9 Å². The zero-order valence-electron chi connectivity index (χ0n) is 35.8. The topological polar surface area (TPSA) is 21.3 Å². The highest BCUT2D eigenvalue weighted by atomic mass is 16.3. The lowest BCUT2D eigenvalue weighted by Gasteiger charge is -2.27. The highest BCUT2D eigenvalue weighted by Crippen LogP contribution is 2.46. The number of fused-ring (bicyclic) bond motifs is 9. The van der Waals surface area contributed by atoms with Crippen LogP contribution in [0.2, 0.25) is 0 Å². The van der Waals surface area contributed by atoms with E-state index in [2.05, 4.69) is 102 Å². The summed E-state index contributed by atoms with van der Waals surface area (Å²) < 4.78 is 47.4. The van der Waals surface area contributed by atoms with E-state index in [0.717, 1.165) is 76.5 Å². The molecule has 3 heteroatoms. The van der Waals surface area contributed by atoms with Crippen LogP contribution >= 0.6 is 0 Å². The normalized spacial score (nSPS) is 12.7. The van der Waals surface area contributed by atoms with Crippen molar-refractivity contribution in [1.82, 2.24) is 4.57 Å². The van der Waals surface area contributed by atoms with Crippen LogP contribution in [-0.4, -0.2) is 4.57 Å². The van der Waals surface area contributed by atoms with Crippen LogP contribution in [0.15, 0.2) is 223 Å². The van der Waals surface area contributed by atoms with E-state index in [4.69, 9.17) is 4.42 Å². The molecule has 3 nitrogen and oxygen atoms in total. The van der Waals surface area contributed by atoms with Gasteiger partial charge in [0.1, 0.15) is 11.2 Å². The fourth-order valence-corrected chi connectivity index (χ4v) is 8.95. The molecule has 12 aromatic rings. The molecule has 59 heavy (non-hydrogen) atoms. The summed E-state index contributed by atoms with van der Waals surface area (Å²) in [6.45, 7) is 0. The maximum atomic E-state index is 10.1. The minimum absolute atomic E-state index is 0.0134. The van der Waals surface area contributed by atoms with E-state index in [0.29, 0.717) is 22.5 Å². The third-order valence-corrected chi connectivity index (χ3v) is 11.6. The Morgan fingerprint density at radius 2 is 1.15 bits per heavy atom. The van der Waals surface area contributed by atoms with Gasteiger partial charge in [0.25, 0.3) is 0 Å². The molecule has 0 aliphatic carbocycles. The number of aromatic nitrogens is 1. The summed E-state index contributed by atoms with van der Waals surface area (Å²) in [5, 5.41) is 8.09. The molecule has 10 aromatic carbocycles. The Morgan fingerprint density at radius 1 is 0.458 bits per heavy atom. The van der Waals surface area contributed by atoms with Crippen LogP contribution in [0.1, 0.15) is 5.48 Å². The van der Waals surface area contributed by atoms with E-state index < -0.39 is 0 Å². The first-order valence-corrected chi connectivity index (χ1v) is 19.9. The van der Waals surface area contributed by atoms with E-state index in [1.165, 1.54) is 0 Å². The maximum absolute atomic E-state index is 10.1. The van der Waals surface area contributed by atoms with Crippen LogP contribution in [0.3, 0.4) is 0 Å². The fourth-order valence-electron chi connectivity index (χ4n) is 8.95. The Kier molecular flexibility index (Phi) is 6.65. The van der Waals surface area contributed by atoms with E-state index in [-0.39, 0.29) is 35.4 Å². The molecule has 12 rings (SSSR count). The molecule has 0 aliphatic heterocycles. The van der Waals surface area contributed by atoms with Crippen LogP contribution in [0.5, 0.6) is 0 Å². The number of furan rings is 1. The number of benzene rings is 10. The van der Waals surface area contributed by atoms with Gasteiger partial charge in [-0.15, -0.1) is 0 Å². The van der Waals surface area contributed by atoms with Gasteiger partial charge >= 0.3 is 0 Å². The molecular weight excluding hydrogens is 717 g/mol. The molecule has 0 aliphatic rings. The van der Waals surface area contributed by atoms with Gasteiger partial charge in [-0.1, -0.05) is 146 Å². The smallest absolute Gasteiger partial charge is 0.143 e. The molecule has 2 aromatic heterocycles. The van der Waals surface area contributed by atoms with Crippen molar-refractivity contribution in [3.05, 3.63) is 218 Å². The van der Waals surface area contributed by atoms with Crippen molar-refractivity contribution in [3.63, 3.8) is 0 Å². The maximum Gasteiger partial charge on any atom is 0.143 e. The highest BCUT2D eigenvalue weighted by molar-refractivity contribution is 6.19. The molecule has 0 fully saturated rings. The number of hydrogen-bond acceptors (Lipinski definition) is 2. The summed E-state index contributed by atoms with van der Waals surface area (Å²) >= 11 is 0. The van der Waals surface area contributed by atoms with Gasteiger partial charge in [0.15, 0.2) is 0 Å². The molecule has 0 bridgehead atoms. The van der Waals surface area contributed by atoms with Gasteiger partial charge in [-0.25, -0.2) is 0 Å². The zero-order chi connectivity index (χ0) is 42.3. The summed E-state index contributed by atoms with van der Waals surface area (Å²) in [6.07, 6.45) is 0. The lowest BCUT2D eigenvalue weighted by molar-refractivity contribution is 0.672. The molecule has 0 spiro atoms. The molecule has 2 heterocycles.